The van der Waals surface area contributed by atoms with E-state index >= 15 is 0 Å². The number of nitrogen functional groups attached to an aromatic ring is 1. The Balaban J connectivity index is 1.66. The van der Waals surface area contributed by atoms with Crippen molar-refractivity contribution in [3.05, 3.63) is 48.4 Å². The monoisotopic (exact) mass is 285 g/mol. The normalized spacial score (nSPS) is 15.8. The van der Waals surface area contributed by atoms with E-state index in [2.05, 4.69) is 4.90 Å². The number of hydrogen-bond acceptors (Lipinski definition) is 4. The number of carbonyl (C=O) groups excluding carboxylic acids is 1. The summed E-state index contributed by atoms with van der Waals surface area (Å²) in [6.45, 7) is 3.21. The molecular weight excluding hydrogens is 266 g/mol. The van der Waals surface area contributed by atoms with Gasteiger partial charge in [-0.05, 0) is 42.8 Å². The molecule has 1 aliphatic heterocycles. The lowest BCUT2D eigenvalue weighted by Crippen LogP contribution is -2.35. The number of furan rings is 1. The summed E-state index contributed by atoms with van der Waals surface area (Å²) in [6.07, 6.45) is 2.47. The molecule has 0 spiro atoms. The Morgan fingerprint density at radius 2 is 1.86 bits per heavy atom. The van der Waals surface area contributed by atoms with Crippen LogP contribution in [0, 0.1) is 0 Å². The van der Waals surface area contributed by atoms with Crippen molar-refractivity contribution in [2.24, 2.45) is 0 Å². The fourth-order valence-electron chi connectivity index (χ4n) is 2.62. The molecule has 2 aromatic rings. The number of anilines is 2. The smallest absolute Gasteiger partial charge is 0.289 e. The first kappa shape index (κ1) is 13.5. The van der Waals surface area contributed by atoms with E-state index in [1.807, 2.05) is 29.2 Å². The van der Waals surface area contributed by atoms with E-state index in [-0.39, 0.29) is 5.91 Å². The minimum Gasteiger partial charge on any atom is -0.459 e. The first-order valence-corrected chi connectivity index (χ1v) is 7.17. The van der Waals surface area contributed by atoms with Gasteiger partial charge in [0.05, 0.1) is 6.26 Å². The van der Waals surface area contributed by atoms with Gasteiger partial charge in [0.1, 0.15) is 0 Å². The quantitative estimate of drug-likeness (QED) is 0.859. The van der Waals surface area contributed by atoms with Crippen LogP contribution in [0.5, 0.6) is 0 Å². The van der Waals surface area contributed by atoms with Gasteiger partial charge in [-0.15, -0.1) is 0 Å². The molecule has 1 aromatic carbocycles. The van der Waals surface area contributed by atoms with Crippen molar-refractivity contribution in [3.63, 3.8) is 0 Å². The first-order chi connectivity index (χ1) is 10.2. The highest BCUT2D eigenvalue weighted by Gasteiger charge is 2.21. The Morgan fingerprint density at radius 3 is 2.57 bits per heavy atom. The predicted octanol–water partition coefficient (Wildman–Crippen LogP) is 2.21. The zero-order valence-corrected chi connectivity index (χ0v) is 11.9. The van der Waals surface area contributed by atoms with Crippen LogP contribution in [-0.4, -0.2) is 37.0 Å². The molecule has 5 nitrogen and oxygen atoms in total. The van der Waals surface area contributed by atoms with Crippen molar-refractivity contribution in [2.45, 2.75) is 6.42 Å². The minimum atomic E-state index is -0.0286. The number of hydrogen-bond donors (Lipinski definition) is 1. The highest BCUT2D eigenvalue weighted by atomic mass is 16.3. The van der Waals surface area contributed by atoms with Crippen molar-refractivity contribution < 1.29 is 9.21 Å². The molecule has 1 aliphatic rings. The van der Waals surface area contributed by atoms with Crippen LogP contribution in [0.15, 0.2) is 47.1 Å². The van der Waals surface area contributed by atoms with Crippen LogP contribution in [0.25, 0.3) is 0 Å². The van der Waals surface area contributed by atoms with Gasteiger partial charge in [0.2, 0.25) is 0 Å². The third-order valence-corrected chi connectivity index (χ3v) is 3.77. The van der Waals surface area contributed by atoms with E-state index in [4.69, 9.17) is 10.2 Å². The van der Waals surface area contributed by atoms with E-state index in [1.165, 1.54) is 6.26 Å². The van der Waals surface area contributed by atoms with Gasteiger partial charge < -0.3 is 20.0 Å². The Hall–Kier alpha value is -2.43. The fourth-order valence-corrected chi connectivity index (χ4v) is 2.62. The van der Waals surface area contributed by atoms with Gasteiger partial charge in [0.15, 0.2) is 5.76 Å². The predicted molar refractivity (Wildman–Crippen MR) is 82.3 cm³/mol. The van der Waals surface area contributed by atoms with Crippen molar-refractivity contribution in [1.82, 2.24) is 4.90 Å². The summed E-state index contributed by atoms with van der Waals surface area (Å²) in [6, 6.07) is 11.3. The standard InChI is InChI=1S/C16H19N3O2/c17-13-4-6-14(7-5-13)18-8-2-9-19(11-10-18)16(20)15-3-1-12-21-15/h1,3-7,12H,2,8-11,17H2. The molecule has 1 saturated heterocycles. The number of benzene rings is 1. The van der Waals surface area contributed by atoms with Crippen molar-refractivity contribution in [3.8, 4) is 0 Å². The third kappa shape index (κ3) is 3.02. The zero-order chi connectivity index (χ0) is 14.7. The number of nitrogens with zero attached hydrogens (tertiary/aromatic N) is 2. The van der Waals surface area contributed by atoms with Crippen LogP contribution in [0.2, 0.25) is 0 Å². The van der Waals surface area contributed by atoms with Crippen molar-refractivity contribution in [2.75, 3.05) is 36.8 Å². The molecule has 1 fully saturated rings. The van der Waals surface area contributed by atoms with Gasteiger partial charge >= 0.3 is 0 Å². The van der Waals surface area contributed by atoms with Crippen LogP contribution in [0.3, 0.4) is 0 Å². The molecule has 2 heterocycles. The molecule has 21 heavy (non-hydrogen) atoms. The topological polar surface area (TPSA) is 62.7 Å². The number of amides is 1. The average molecular weight is 285 g/mol. The molecule has 0 atom stereocenters. The summed E-state index contributed by atoms with van der Waals surface area (Å²) >= 11 is 0. The highest BCUT2D eigenvalue weighted by Crippen LogP contribution is 2.19. The minimum absolute atomic E-state index is 0.0286. The van der Waals surface area contributed by atoms with Crippen molar-refractivity contribution in [1.29, 1.82) is 0 Å². The molecule has 0 bridgehead atoms. The van der Waals surface area contributed by atoms with E-state index in [1.54, 1.807) is 12.1 Å². The molecular formula is C16H19N3O2. The lowest BCUT2D eigenvalue weighted by Gasteiger charge is -2.23. The van der Waals surface area contributed by atoms with Gasteiger partial charge in [-0.1, -0.05) is 0 Å². The third-order valence-electron chi connectivity index (χ3n) is 3.77. The fraction of sp³-hybridized carbons (Fsp3) is 0.312. The lowest BCUT2D eigenvalue weighted by atomic mass is 10.2. The number of carbonyl (C=O) groups is 1. The van der Waals surface area contributed by atoms with E-state index in [9.17, 15) is 4.79 Å². The second-order valence-corrected chi connectivity index (χ2v) is 5.20. The Bertz CT molecular complexity index is 592. The van der Waals surface area contributed by atoms with Crippen LogP contribution >= 0.6 is 0 Å². The molecule has 1 aromatic heterocycles. The molecule has 0 radical (unpaired) electrons. The molecule has 0 unspecified atom stereocenters. The van der Waals surface area contributed by atoms with Crippen LogP contribution in [-0.2, 0) is 0 Å². The van der Waals surface area contributed by atoms with Gasteiger partial charge in [0, 0.05) is 37.6 Å². The maximum atomic E-state index is 12.3. The van der Waals surface area contributed by atoms with Gasteiger partial charge in [-0.25, -0.2) is 0 Å². The largest absolute Gasteiger partial charge is 0.459 e. The van der Waals surface area contributed by atoms with Gasteiger partial charge in [0.25, 0.3) is 5.91 Å². The maximum Gasteiger partial charge on any atom is 0.289 e. The molecule has 3 rings (SSSR count). The van der Waals surface area contributed by atoms with E-state index in [0.29, 0.717) is 12.3 Å². The van der Waals surface area contributed by atoms with Crippen LogP contribution in [0.4, 0.5) is 11.4 Å². The van der Waals surface area contributed by atoms with Crippen molar-refractivity contribution >= 4 is 17.3 Å². The Kier molecular flexibility index (Phi) is 3.81. The SMILES string of the molecule is Nc1ccc(N2CCCN(C(=O)c3ccco3)CC2)cc1. The lowest BCUT2D eigenvalue weighted by molar-refractivity contribution is 0.0735. The number of rotatable bonds is 2. The molecule has 0 saturated carbocycles. The molecule has 1 amide bonds. The zero-order valence-electron chi connectivity index (χ0n) is 11.9. The highest BCUT2D eigenvalue weighted by molar-refractivity contribution is 5.91. The second-order valence-electron chi connectivity index (χ2n) is 5.20. The van der Waals surface area contributed by atoms with Gasteiger partial charge in [-0.3, -0.25) is 4.79 Å². The summed E-state index contributed by atoms with van der Waals surface area (Å²) in [4.78, 5) is 16.4. The van der Waals surface area contributed by atoms with Crippen LogP contribution < -0.4 is 10.6 Å². The Morgan fingerprint density at radius 1 is 1.05 bits per heavy atom. The van der Waals surface area contributed by atoms with Gasteiger partial charge in [-0.2, -0.15) is 0 Å². The summed E-state index contributed by atoms with van der Waals surface area (Å²) in [5.41, 5.74) is 7.64. The summed E-state index contributed by atoms with van der Waals surface area (Å²) in [5, 5.41) is 0. The number of nitrogens with two attached hydrogens (primary N) is 1. The molecule has 0 aliphatic carbocycles. The summed E-state index contributed by atoms with van der Waals surface area (Å²) in [7, 11) is 0. The average Bonchev–Trinajstić information content (AvgIpc) is 2.92. The second kappa shape index (κ2) is 5.91. The summed E-state index contributed by atoms with van der Waals surface area (Å²) in [5.74, 6) is 0.384. The van der Waals surface area contributed by atoms with E-state index in [0.717, 1.165) is 37.4 Å². The first-order valence-electron chi connectivity index (χ1n) is 7.17. The molecule has 2 N–H and O–H groups in total. The molecule has 5 heteroatoms. The van der Waals surface area contributed by atoms with E-state index < -0.39 is 0 Å². The Labute approximate surface area is 123 Å². The maximum absolute atomic E-state index is 12.3. The van der Waals surface area contributed by atoms with Crippen LogP contribution in [0.1, 0.15) is 17.0 Å². The summed E-state index contributed by atoms with van der Waals surface area (Å²) < 4.78 is 5.20. The molecule has 110 valence electrons.